The van der Waals surface area contributed by atoms with E-state index in [0.29, 0.717) is 5.56 Å². The molecule has 0 heterocycles. The third-order valence-corrected chi connectivity index (χ3v) is 3.25. The van der Waals surface area contributed by atoms with E-state index in [1.165, 1.54) is 12.1 Å². The number of hydrogen-bond donors (Lipinski definition) is 1. The highest BCUT2D eigenvalue weighted by Gasteiger charge is 2.21. The van der Waals surface area contributed by atoms with Crippen LogP contribution in [0.4, 0.5) is 4.39 Å². The summed E-state index contributed by atoms with van der Waals surface area (Å²) in [6, 6.07) is 16.5. The Bertz CT molecular complexity index is 647. The molecule has 106 valence electrons. The third-order valence-electron chi connectivity index (χ3n) is 3.25. The van der Waals surface area contributed by atoms with Crippen LogP contribution in [0.3, 0.4) is 0 Å². The molecule has 4 heteroatoms. The summed E-state index contributed by atoms with van der Waals surface area (Å²) >= 11 is 0. The van der Waals surface area contributed by atoms with E-state index in [1.807, 2.05) is 12.1 Å². The maximum absolute atomic E-state index is 12.9. The number of nitriles is 1. The first-order valence-electron chi connectivity index (χ1n) is 6.62. The SMILES string of the molecule is CC(NC(=O)C(C#N)c1ccccc1)c1ccc(F)cc1. The Labute approximate surface area is 123 Å². The standard InChI is InChI=1S/C17H15FN2O/c1-12(13-7-9-15(18)10-8-13)20-17(21)16(11-19)14-5-3-2-4-6-14/h2-10,12,16H,1H3,(H,20,21). The fraction of sp³-hybridized carbons (Fsp3) is 0.176. The Hall–Kier alpha value is -2.67. The monoisotopic (exact) mass is 282 g/mol. The van der Waals surface area contributed by atoms with Crippen molar-refractivity contribution in [1.29, 1.82) is 5.26 Å². The van der Waals surface area contributed by atoms with Gasteiger partial charge in [-0.3, -0.25) is 4.79 Å². The Morgan fingerprint density at radius 2 is 1.71 bits per heavy atom. The van der Waals surface area contributed by atoms with Crippen LogP contribution < -0.4 is 5.32 Å². The smallest absolute Gasteiger partial charge is 0.242 e. The van der Waals surface area contributed by atoms with Crippen molar-refractivity contribution in [2.45, 2.75) is 18.9 Å². The van der Waals surface area contributed by atoms with E-state index >= 15 is 0 Å². The third kappa shape index (κ3) is 3.67. The molecular weight excluding hydrogens is 267 g/mol. The Balaban J connectivity index is 2.09. The molecule has 0 bridgehead atoms. The summed E-state index contributed by atoms with van der Waals surface area (Å²) in [4.78, 5) is 12.2. The van der Waals surface area contributed by atoms with E-state index in [9.17, 15) is 14.4 Å². The number of carbonyl (C=O) groups excluding carboxylic acids is 1. The summed E-state index contributed by atoms with van der Waals surface area (Å²) in [5.41, 5.74) is 1.44. The van der Waals surface area contributed by atoms with Gasteiger partial charge < -0.3 is 5.32 Å². The van der Waals surface area contributed by atoms with Crippen molar-refractivity contribution >= 4 is 5.91 Å². The summed E-state index contributed by atoms with van der Waals surface area (Å²) < 4.78 is 12.9. The van der Waals surface area contributed by atoms with Gasteiger partial charge in [-0.05, 0) is 30.2 Å². The molecule has 0 saturated heterocycles. The highest BCUT2D eigenvalue weighted by molar-refractivity contribution is 5.86. The van der Waals surface area contributed by atoms with Gasteiger partial charge in [-0.2, -0.15) is 5.26 Å². The second kappa shape index (κ2) is 6.67. The van der Waals surface area contributed by atoms with E-state index in [2.05, 4.69) is 5.32 Å². The van der Waals surface area contributed by atoms with Gasteiger partial charge in [0.2, 0.25) is 5.91 Å². The minimum atomic E-state index is -0.853. The van der Waals surface area contributed by atoms with Crippen LogP contribution in [0.2, 0.25) is 0 Å². The maximum atomic E-state index is 12.9. The lowest BCUT2D eigenvalue weighted by molar-refractivity contribution is -0.122. The van der Waals surface area contributed by atoms with Crippen LogP contribution in [-0.4, -0.2) is 5.91 Å². The van der Waals surface area contributed by atoms with Crippen LogP contribution in [0.15, 0.2) is 54.6 Å². The zero-order valence-electron chi connectivity index (χ0n) is 11.6. The van der Waals surface area contributed by atoms with Gasteiger partial charge in [0.25, 0.3) is 0 Å². The molecule has 0 saturated carbocycles. The summed E-state index contributed by atoms with van der Waals surface area (Å²) in [7, 11) is 0. The van der Waals surface area contributed by atoms with Crippen molar-refractivity contribution in [1.82, 2.24) is 5.32 Å². The van der Waals surface area contributed by atoms with Gasteiger partial charge in [-0.25, -0.2) is 4.39 Å². The molecule has 2 rings (SSSR count). The number of halogens is 1. The Morgan fingerprint density at radius 3 is 2.29 bits per heavy atom. The van der Waals surface area contributed by atoms with Crippen molar-refractivity contribution < 1.29 is 9.18 Å². The van der Waals surface area contributed by atoms with E-state index in [4.69, 9.17) is 0 Å². The van der Waals surface area contributed by atoms with Crippen molar-refractivity contribution in [2.24, 2.45) is 0 Å². The minimum Gasteiger partial charge on any atom is -0.348 e. The topological polar surface area (TPSA) is 52.9 Å². The molecule has 21 heavy (non-hydrogen) atoms. The average molecular weight is 282 g/mol. The molecule has 0 spiro atoms. The first-order valence-corrected chi connectivity index (χ1v) is 6.62. The summed E-state index contributed by atoms with van der Waals surface area (Å²) in [6.07, 6.45) is 0. The lowest BCUT2D eigenvalue weighted by atomic mass is 9.99. The fourth-order valence-electron chi connectivity index (χ4n) is 2.06. The summed E-state index contributed by atoms with van der Waals surface area (Å²) in [5.74, 6) is -1.54. The van der Waals surface area contributed by atoms with Gasteiger partial charge in [0.15, 0.2) is 0 Å². The maximum Gasteiger partial charge on any atom is 0.242 e. The molecule has 0 fully saturated rings. The van der Waals surface area contributed by atoms with E-state index in [0.717, 1.165) is 5.56 Å². The highest BCUT2D eigenvalue weighted by Crippen LogP contribution is 2.18. The molecule has 0 aliphatic rings. The van der Waals surface area contributed by atoms with Gasteiger partial charge in [0, 0.05) is 0 Å². The molecule has 2 unspecified atom stereocenters. The molecule has 0 aliphatic carbocycles. The molecule has 2 aromatic carbocycles. The van der Waals surface area contributed by atoms with Crippen LogP contribution in [0.5, 0.6) is 0 Å². The van der Waals surface area contributed by atoms with Gasteiger partial charge in [-0.15, -0.1) is 0 Å². The van der Waals surface area contributed by atoms with E-state index in [-0.39, 0.29) is 17.8 Å². The molecular formula is C17H15FN2O. The lowest BCUT2D eigenvalue weighted by Gasteiger charge is -2.17. The molecule has 2 atom stereocenters. The molecule has 2 aromatic rings. The lowest BCUT2D eigenvalue weighted by Crippen LogP contribution is -2.31. The molecule has 0 radical (unpaired) electrons. The Morgan fingerprint density at radius 1 is 1.10 bits per heavy atom. The number of nitrogens with one attached hydrogen (secondary N) is 1. The number of nitrogens with zero attached hydrogens (tertiary/aromatic N) is 1. The molecule has 1 N–H and O–H groups in total. The van der Waals surface area contributed by atoms with Crippen LogP contribution in [0, 0.1) is 17.1 Å². The number of benzene rings is 2. The summed E-state index contributed by atoms with van der Waals surface area (Å²) in [5, 5.41) is 12.0. The predicted molar refractivity (Wildman–Crippen MR) is 77.8 cm³/mol. The Kier molecular flexibility index (Phi) is 4.68. The largest absolute Gasteiger partial charge is 0.348 e. The van der Waals surface area contributed by atoms with Crippen LogP contribution in [-0.2, 0) is 4.79 Å². The van der Waals surface area contributed by atoms with Crippen molar-refractivity contribution in [2.75, 3.05) is 0 Å². The predicted octanol–water partition coefficient (Wildman–Crippen LogP) is 3.31. The van der Waals surface area contributed by atoms with E-state index in [1.54, 1.807) is 43.3 Å². The van der Waals surface area contributed by atoms with Gasteiger partial charge in [0.05, 0.1) is 12.1 Å². The number of amides is 1. The molecule has 0 aliphatic heterocycles. The highest BCUT2D eigenvalue weighted by atomic mass is 19.1. The van der Waals surface area contributed by atoms with Crippen LogP contribution in [0.1, 0.15) is 30.0 Å². The van der Waals surface area contributed by atoms with Crippen molar-refractivity contribution in [3.8, 4) is 6.07 Å². The number of carbonyl (C=O) groups is 1. The molecule has 1 amide bonds. The quantitative estimate of drug-likeness (QED) is 0.935. The van der Waals surface area contributed by atoms with Crippen LogP contribution >= 0.6 is 0 Å². The zero-order chi connectivity index (χ0) is 15.2. The van der Waals surface area contributed by atoms with Crippen molar-refractivity contribution in [3.63, 3.8) is 0 Å². The van der Waals surface area contributed by atoms with Gasteiger partial charge in [-0.1, -0.05) is 42.5 Å². The summed E-state index contributed by atoms with van der Waals surface area (Å²) in [6.45, 7) is 1.80. The van der Waals surface area contributed by atoms with Crippen molar-refractivity contribution in [3.05, 3.63) is 71.5 Å². The first-order chi connectivity index (χ1) is 10.1. The average Bonchev–Trinajstić information content (AvgIpc) is 2.49. The fourth-order valence-corrected chi connectivity index (χ4v) is 2.06. The first kappa shape index (κ1) is 14.7. The number of hydrogen-bond acceptors (Lipinski definition) is 2. The molecule has 0 aromatic heterocycles. The number of rotatable bonds is 4. The van der Waals surface area contributed by atoms with Gasteiger partial charge in [0.1, 0.15) is 11.7 Å². The second-order valence-electron chi connectivity index (χ2n) is 4.75. The van der Waals surface area contributed by atoms with Crippen LogP contribution in [0.25, 0.3) is 0 Å². The minimum absolute atomic E-state index is 0.294. The normalized spacial score (nSPS) is 13.0. The second-order valence-corrected chi connectivity index (χ2v) is 4.75. The zero-order valence-corrected chi connectivity index (χ0v) is 11.6. The van der Waals surface area contributed by atoms with E-state index < -0.39 is 5.92 Å². The van der Waals surface area contributed by atoms with Gasteiger partial charge >= 0.3 is 0 Å². The molecule has 3 nitrogen and oxygen atoms in total.